The molecule has 24 heavy (non-hydrogen) atoms. The standard InChI is InChI=1S/C14H20N6O3S/c1-4-22-8(2)11-18-19-14(23-11)20-6-5-9-10(7-20)24-13(16-9)17-12(21)15-3/h8H,4-7H2,1-3H3,(H2,15,16,17,21)/t8-/m1/s1. The quantitative estimate of drug-likeness (QED) is 0.847. The van der Waals surface area contributed by atoms with E-state index in [1.54, 1.807) is 7.05 Å². The fraction of sp³-hybridized carbons (Fsp3) is 0.571. The molecule has 1 aliphatic heterocycles. The maximum atomic E-state index is 11.4. The number of anilines is 2. The zero-order valence-electron chi connectivity index (χ0n) is 13.8. The number of nitrogens with zero attached hydrogens (tertiary/aromatic N) is 4. The summed E-state index contributed by atoms with van der Waals surface area (Å²) in [4.78, 5) is 18.9. The molecule has 130 valence electrons. The summed E-state index contributed by atoms with van der Waals surface area (Å²) in [6, 6.07) is 0.209. The van der Waals surface area contributed by atoms with Crippen LogP contribution in [-0.4, -0.2) is 41.4 Å². The second-order valence-corrected chi connectivity index (χ2v) is 6.37. The molecule has 1 aliphatic rings. The molecular weight excluding hydrogens is 332 g/mol. The average molecular weight is 352 g/mol. The summed E-state index contributed by atoms with van der Waals surface area (Å²) in [5.41, 5.74) is 1.00. The van der Waals surface area contributed by atoms with Gasteiger partial charge in [-0.1, -0.05) is 16.4 Å². The molecule has 2 N–H and O–H groups in total. The summed E-state index contributed by atoms with van der Waals surface area (Å²) < 4.78 is 11.2. The molecule has 2 aromatic rings. The number of carbonyl (C=O) groups is 1. The molecular formula is C14H20N6O3S. The minimum Gasteiger partial charge on any atom is -0.405 e. The number of fused-ring (bicyclic) bond motifs is 1. The van der Waals surface area contributed by atoms with Gasteiger partial charge in [0.2, 0.25) is 5.89 Å². The molecule has 2 amide bonds. The van der Waals surface area contributed by atoms with Crippen LogP contribution in [0.1, 0.15) is 36.4 Å². The molecule has 0 radical (unpaired) electrons. The van der Waals surface area contributed by atoms with E-state index in [1.165, 1.54) is 11.3 Å². The van der Waals surface area contributed by atoms with Crippen molar-refractivity contribution in [1.82, 2.24) is 20.5 Å². The van der Waals surface area contributed by atoms with E-state index in [-0.39, 0.29) is 12.1 Å². The summed E-state index contributed by atoms with van der Waals surface area (Å²) in [7, 11) is 1.57. The number of urea groups is 1. The Morgan fingerprint density at radius 1 is 1.50 bits per heavy atom. The molecule has 10 heteroatoms. The summed E-state index contributed by atoms with van der Waals surface area (Å²) in [6.07, 6.45) is 0.545. The van der Waals surface area contributed by atoms with Crippen molar-refractivity contribution in [1.29, 1.82) is 0 Å². The Bertz CT molecular complexity index is 715. The number of nitrogens with one attached hydrogen (secondary N) is 2. The van der Waals surface area contributed by atoms with Gasteiger partial charge in [-0.25, -0.2) is 9.78 Å². The minimum atomic E-state index is -0.274. The van der Waals surface area contributed by atoms with Crippen LogP contribution in [0.15, 0.2) is 4.42 Å². The Hall–Kier alpha value is -2.20. The highest BCUT2D eigenvalue weighted by atomic mass is 32.1. The van der Waals surface area contributed by atoms with Crippen molar-refractivity contribution in [2.45, 2.75) is 32.9 Å². The SMILES string of the molecule is CCO[C@H](C)c1nnc(N2CCc3nc(NC(=O)NC)sc3C2)o1. The van der Waals surface area contributed by atoms with Crippen molar-refractivity contribution in [2.75, 3.05) is 30.4 Å². The maximum Gasteiger partial charge on any atom is 0.320 e. The lowest BCUT2D eigenvalue weighted by Gasteiger charge is -2.23. The van der Waals surface area contributed by atoms with Crippen LogP contribution in [0.2, 0.25) is 0 Å². The number of amides is 2. The third kappa shape index (κ3) is 3.49. The van der Waals surface area contributed by atoms with Crippen LogP contribution >= 0.6 is 11.3 Å². The van der Waals surface area contributed by atoms with E-state index < -0.39 is 0 Å². The smallest absolute Gasteiger partial charge is 0.320 e. The van der Waals surface area contributed by atoms with Gasteiger partial charge in [-0.05, 0) is 13.8 Å². The first-order valence-electron chi connectivity index (χ1n) is 7.78. The summed E-state index contributed by atoms with van der Waals surface area (Å²) in [6.45, 7) is 5.77. The Kier molecular flexibility index (Phi) is 4.95. The first-order valence-corrected chi connectivity index (χ1v) is 8.59. The number of aromatic nitrogens is 3. The first kappa shape index (κ1) is 16.7. The van der Waals surface area contributed by atoms with Crippen molar-refractivity contribution in [2.24, 2.45) is 0 Å². The van der Waals surface area contributed by atoms with Crippen LogP contribution in [0.5, 0.6) is 0 Å². The van der Waals surface area contributed by atoms with Crippen molar-refractivity contribution >= 4 is 28.5 Å². The molecule has 0 fully saturated rings. The van der Waals surface area contributed by atoms with Crippen molar-refractivity contribution in [3.05, 3.63) is 16.5 Å². The van der Waals surface area contributed by atoms with Gasteiger partial charge in [0.05, 0.1) is 12.2 Å². The highest BCUT2D eigenvalue weighted by molar-refractivity contribution is 7.15. The van der Waals surface area contributed by atoms with Crippen LogP contribution in [0.4, 0.5) is 15.9 Å². The lowest BCUT2D eigenvalue weighted by atomic mass is 10.2. The predicted octanol–water partition coefficient (Wildman–Crippen LogP) is 1.94. The van der Waals surface area contributed by atoms with Gasteiger partial charge in [-0.3, -0.25) is 5.32 Å². The molecule has 1 atom stereocenters. The van der Waals surface area contributed by atoms with Gasteiger partial charge < -0.3 is 19.4 Å². The Balaban J connectivity index is 1.69. The largest absolute Gasteiger partial charge is 0.405 e. The zero-order valence-corrected chi connectivity index (χ0v) is 14.6. The predicted molar refractivity (Wildman–Crippen MR) is 89.3 cm³/mol. The van der Waals surface area contributed by atoms with Gasteiger partial charge in [0.15, 0.2) is 5.13 Å². The molecule has 3 heterocycles. The van der Waals surface area contributed by atoms with E-state index >= 15 is 0 Å². The fourth-order valence-corrected chi connectivity index (χ4v) is 3.43. The number of carbonyl (C=O) groups excluding carboxylic acids is 1. The number of rotatable bonds is 5. The maximum absolute atomic E-state index is 11.4. The number of thiazole rings is 1. The summed E-state index contributed by atoms with van der Waals surface area (Å²) in [5, 5.41) is 14.0. The minimum absolute atomic E-state index is 0.219. The van der Waals surface area contributed by atoms with Crippen LogP contribution in [0.25, 0.3) is 0 Å². The van der Waals surface area contributed by atoms with Gasteiger partial charge >= 0.3 is 12.0 Å². The van der Waals surface area contributed by atoms with Crippen LogP contribution in [-0.2, 0) is 17.7 Å². The Morgan fingerprint density at radius 3 is 3.08 bits per heavy atom. The monoisotopic (exact) mass is 352 g/mol. The third-order valence-electron chi connectivity index (χ3n) is 3.64. The van der Waals surface area contributed by atoms with E-state index in [2.05, 4.69) is 25.8 Å². The van der Waals surface area contributed by atoms with Crippen LogP contribution in [0.3, 0.4) is 0 Å². The third-order valence-corrected chi connectivity index (χ3v) is 4.64. The molecule has 2 aromatic heterocycles. The van der Waals surface area contributed by atoms with Gasteiger partial charge in [-0.15, -0.1) is 5.10 Å². The van der Waals surface area contributed by atoms with Crippen LogP contribution < -0.4 is 15.5 Å². The molecule has 0 bridgehead atoms. The molecule has 0 aliphatic carbocycles. The molecule has 0 saturated heterocycles. The van der Waals surface area contributed by atoms with Crippen LogP contribution in [0, 0.1) is 0 Å². The molecule has 0 unspecified atom stereocenters. The average Bonchev–Trinajstić information content (AvgIpc) is 3.20. The highest BCUT2D eigenvalue weighted by Crippen LogP contribution is 2.31. The Labute approximate surface area is 143 Å². The summed E-state index contributed by atoms with van der Waals surface area (Å²) >= 11 is 1.46. The normalized spacial score (nSPS) is 15.0. The summed E-state index contributed by atoms with van der Waals surface area (Å²) in [5.74, 6) is 0.476. The first-order chi connectivity index (χ1) is 11.6. The Morgan fingerprint density at radius 2 is 2.33 bits per heavy atom. The molecule has 0 aromatic carbocycles. The number of hydrogen-bond acceptors (Lipinski definition) is 8. The molecule has 9 nitrogen and oxygen atoms in total. The van der Waals surface area contributed by atoms with E-state index in [0.717, 1.165) is 23.5 Å². The van der Waals surface area contributed by atoms with E-state index in [1.807, 2.05) is 18.7 Å². The number of hydrogen-bond donors (Lipinski definition) is 2. The second-order valence-electron chi connectivity index (χ2n) is 5.29. The molecule has 3 rings (SSSR count). The topological polar surface area (TPSA) is 105 Å². The van der Waals surface area contributed by atoms with Crippen molar-refractivity contribution in [3.63, 3.8) is 0 Å². The van der Waals surface area contributed by atoms with Gasteiger partial charge in [0.1, 0.15) is 6.10 Å². The fourth-order valence-electron chi connectivity index (χ4n) is 2.41. The highest BCUT2D eigenvalue weighted by Gasteiger charge is 2.25. The second kappa shape index (κ2) is 7.14. The van der Waals surface area contributed by atoms with Gasteiger partial charge in [-0.2, -0.15) is 0 Å². The lowest BCUT2D eigenvalue weighted by Crippen LogP contribution is -2.29. The number of ether oxygens (including phenoxy) is 1. The molecule has 0 saturated carbocycles. The van der Waals surface area contributed by atoms with Crippen molar-refractivity contribution in [3.8, 4) is 0 Å². The van der Waals surface area contributed by atoms with Crippen molar-refractivity contribution < 1.29 is 13.9 Å². The van der Waals surface area contributed by atoms with E-state index in [4.69, 9.17) is 9.15 Å². The van der Waals surface area contributed by atoms with Gasteiger partial charge in [0.25, 0.3) is 0 Å². The molecule has 0 spiro atoms. The van der Waals surface area contributed by atoms with E-state index in [0.29, 0.717) is 30.2 Å². The van der Waals surface area contributed by atoms with Gasteiger partial charge in [0, 0.05) is 31.5 Å². The zero-order chi connectivity index (χ0) is 17.1. The van der Waals surface area contributed by atoms with E-state index in [9.17, 15) is 4.79 Å². The lowest BCUT2D eigenvalue weighted by molar-refractivity contribution is 0.0566.